The number of nitrogens with one attached hydrogen (secondary N) is 1. The summed E-state index contributed by atoms with van der Waals surface area (Å²) in [7, 11) is 0. The minimum absolute atomic E-state index is 0.266. The van der Waals surface area contributed by atoms with E-state index in [2.05, 4.69) is 12.2 Å². The van der Waals surface area contributed by atoms with Crippen LogP contribution in [0.1, 0.15) is 41.8 Å². The molecule has 1 saturated heterocycles. The highest BCUT2D eigenvalue weighted by Gasteiger charge is 2.49. The van der Waals surface area contributed by atoms with E-state index in [1.807, 2.05) is 30.3 Å². The summed E-state index contributed by atoms with van der Waals surface area (Å²) in [5, 5.41) is 2.74. The molecule has 1 aliphatic rings. The van der Waals surface area contributed by atoms with E-state index in [1.54, 1.807) is 31.2 Å². The molecule has 5 heteroatoms. The first-order valence-electron chi connectivity index (χ1n) is 8.77. The summed E-state index contributed by atoms with van der Waals surface area (Å²) in [5.41, 5.74) is 1.22. The van der Waals surface area contributed by atoms with E-state index < -0.39 is 17.5 Å². The van der Waals surface area contributed by atoms with Crippen molar-refractivity contribution in [2.75, 3.05) is 6.54 Å². The fraction of sp³-hybridized carbons (Fsp3) is 0.286. The minimum Gasteiger partial charge on any atom is -0.319 e. The van der Waals surface area contributed by atoms with Crippen LogP contribution in [0.25, 0.3) is 0 Å². The molecule has 26 heavy (non-hydrogen) atoms. The van der Waals surface area contributed by atoms with Gasteiger partial charge in [0.15, 0.2) is 5.78 Å². The molecule has 2 aromatic rings. The molecule has 1 N–H and O–H groups in total. The number of Topliss-reactive ketones (excluding diaryl/α,β-unsaturated/α-hetero) is 1. The highest BCUT2D eigenvalue weighted by atomic mass is 16.2. The zero-order valence-corrected chi connectivity index (χ0v) is 15.0. The number of benzene rings is 2. The van der Waals surface area contributed by atoms with Gasteiger partial charge < -0.3 is 5.32 Å². The minimum atomic E-state index is -1.15. The summed E-state index contributed by atoms with van der Waals surface area (Å²) in [4.78, 5) is 38.6. The van der Waals surface area contributed by atoms with Gasteiger partial charge in [0.2, 0.25) is 0 Å². The highest BCUT2D eigenvalue weighted by molar-refractivity contribution is 6.11. The molecular weight excluding hydrogens is 328 g/mol. The van der Waals surface area contributed by atoms with Crippen LogP contribution >= 0.6 is 0 Å². The fourth-order valence-electron chi connectivity index (χ4n) is 3.19. The van der Waals surface area contributed by atoms with Crippen LogP contribution < -0.4 is 5.32 Å². The molecule has 0 radical (unpaired) electrons. The maximum Gasteiger partial charge on any atom is 0.325 e. The van der Waals surface area contributed by atoms with Crippen LogP contribution in [0.3, 0.4) is 0 Å². The second-order valence-corrected chi connectivity index (χ2v) is 6.68. The van der Waals surface area contributed by atoms with Gasteiger partial charge in [0.1, 0.15) is 5.54 Å². The molecule has 1 atom stereocenters. The van der Waals surface area contributed by atoms with Gasteiger partial charge in [-0.05, 0) is 24.5 Å². The molecule has 1 aliphatic heterocycles. The van der Waals surface area contributed by atoms with Gasteiger partial charge in [0.05, 0.1) is 6.54 Å². The molecule has 2 aromatic carbocycles. The molecule has 3 amide bonds. The number of nitrogens with zero attached hydrogens (tertiary/aromatic N) is 1. The number of ketones is 1. The van der Waals surface area contributed by atoms with Gasteiger partial charge in [-0.2, -0.15) is 0 Å². The predicted molar refractivity (Wildman–Crippen MR) is 98.8 cm³/mol. The maximum absolute atomic E-state index is 12.9. The Hall–Kier alpha value is -2.95. The third-order valence-electron chi connectivity index (χ3n) is 4.74. The Balaban J connectivity index is 1.80. The molecule has 3 rings (SSSR count). The molecular formula is C21H22N2O3. The largest absolute Gasteiger partial charge is 0.325 e. The van der Waals surface area contributed by atoms with Crippen molar-refractivity contribution in [2.45, 2.75) is 32.2 Å². The Kier molecular flexibility index (Phi) is 4.89. The normalized spacial score (nSPS) is 19.5. The number of hydrogen-bond acceptors (Lipinski definition) is 3. The van der Waals surface area contributed by atoms with Crippen molar-refractivity contribution in [3.63, 3.8) is 0 Å². The van der Waals surface area contributed by atoms with Crippen LogP contribution in [-0.4, -0.2) is 29.2 Å². The Morgan fingerprint density at radius 2 is 1.69 bits per heavy atom. The van der Waals surface area contributed by atoms with Crippen LogP contribution in [0.15, 0.2) is 54.6 Å². The average Bonchev–Trinajstić information content (AvgIpc) is 2.87. The number of aryl methyl sites for hydroxylation is 1. The zero-order valence-electron chi connectivity index (χ0n) is 15.0. The lowest BCUT2D eigenvalue weighted by Gasteiger charge is -2.22. The summed E-state index contributed by atoms with van der Waals surface area (Å²) < 4.78 is 0. The molecule has 0 saturated carbocycles. The van der Waals surface area contributed by atoms with Crippen LogP contribution in [-0.2, 0) is 16.8 Å². The number of rotatable bonds is 6. The molecule has 1 fully saturated rings. The van der Waals surface area contributed by atoms with Crippen molar-refractivity contribution in [2.24, 2.45) is 0 Å². The van der Waals surface area contributed by atoms with Gasteiger partial charge in [-0.3, -0.25) is 14.5 Å². The van der Waals surface area contributed by atoms with E-state index in [1.165, 1.54) is 5.56 Å². The summed E-state index contributed by atoms with van der Waals surface area (Å²) in [5.74, 6) is -0.674. The van der Waals surface area contributed by atoms with E-state index >= 15 is 0 Å². The zero-order chi connectivity index (χ0) is 18.7. The van der Waals surface area contributed by atoms with E-state index in [4.69, 9.17) is 0 Å². The molecule has 0 bridgehead atoms. The number of amides is 3. The van der Waals surface area contributed by atoms with Crippen molar-refractivity contribution in [3.05, 3.63) is 71.3 Å². The second-order valence-electron chi connectivity index (χ2n) is 6.68. The lowest BCUT2D eigenvalue weighted by Crippen LogP contribution is -2.41. The van der Waals surface area contributed by atoms with E-state index in [0.29, 0.717) is 11.1 Å². The number of urea groups is 1. The fourth-order valence-corrected chi connectivity index (χ4v) is 3.19. The Morgan fingerprint density at radius 1 is 1.04 bits per heavy atom. The molecule has 0 aliphatic carbocycles. The van der Waals surface area contributed by atoms with Gasteiger partial charge in [-0.25, -0.2) is 4.79 Å². The molecule has 0 aromatic heterocycles. The quantitative estimate of drug-likeness (QED) is 0.642. The lowest BCUT2D eigenvalue weighted by molar-refractivity contribution is -0.130. The summed E-state index contributed by atoms with van der Waals surface area (Å²) >= 11 is 0. The van der Waals surface area contributed by atoms with Crippen molar-refractivity contribution < 1.29 is 14.4 Å². The van der Waals surface area contributed by atoms with Gasteiger partial charge >= 0.3 is 6.03 Å². The summed E-state index contributed by atoms with van der Waals surface area (Å²) in [6.07, 6.45) is 2.01. The van der Waals surface area contributed by atoms with Crippen molar-refractivity contribution in [1.82, 2.24) is 10.2 Å². The SMILES string of the molecule is CCCc1ccc(C2(C)NC(=O)N(CC(=O)c3ccccc3)C2=O)cc1. The number of imide groups is 1. The van der Waals surface area contributed by atoms with E-state index in [9.17, 15) is 14.4 Å². The molecule has 5 nitrogen and oxygen atoms in total. The number of carbonyl (C=O) groups is 3. The lowest BCUT2D eigenvalue weighted by atomic mass is 9.91. The first-order chi connectivity index (χ1) is 12.5. The summed E-state index contributed by atoms with van der Waals surface area (Å²) in [6, 6.07) is 15.8. The van der Waals surface area contributed by atoms with Gasteiger partial charge in [-0.1, -0.05) is 67.9 Å². The second kappa shape index (κ2) is 7.12. The number of carbonyl (C=O) groups excluding carboxylic acids is 3. The van der Waals surface area contributed by atoms with Crippen LogP contribution in [0, 0.1) is 0 Å². The molecule has 134 valence electrons. The Morgan fingerprint density at radius 3 is 2.31 bits per heavy atom. The average molecular weight is 350 g/mol. The molecule has 1 unspecified atom stereocenters. The van der Waals surface area contributed by atoms with E-state index in [0.717, 1.165) is 17.7 Å². The smallest absolute Gasteiger partial charge is 0.319 e. The van der Waals surface area contributed by atoms with Gasteiger partial charge in [-0.15, -0.1) is 0 Å². The molecule has 0 spiro atoms. The van der Waals surface area contributed by atoms with Crippen molar-refractivity contribution in [1.29, 1.82) is 0 Å². The molecule has 1 heterocycles. The first kappa shape index (κ1) is 17.9. The standard InChI is InChI=1S/C21H22N2O3/c1-3-7-15-10-12-17(13-11-15)21(2)19(25)23(20(26)22-21)14-18(24)16-8-5-4-6-9-16/h4-6,8-13H,3,7,14H2,1-2H3,(H,22,26). The van der Waals surface area contributed by atoms with Gasteiger partial charge in [0, 0.05) is 5.56 Å². The third-order valence-corrected chi connectivity index (χ3v) is 4.74. The first-order valence-corrected chi connectivity index (χ1v) is 8.77. The summed E-state index contributed by atoms with van der Waals surface area (Å²) in [6.45, 7) is 3.52. The topological polar surface area (TPSA) is 66.5 Å². The maximum atomic E-state index is 12.9. The Labute approximate surface area is 153 Å². The number of hydrogen-bond donors (Lipinski definition) is 1. The van der Waals surface area contributed by atoms with Crippen LogP contribution in [0.5, 0.6) is 0 Å². The van der Waals surface area contributed by atoms with Crippen LogP contribution in [0.2, 0.25) is 0 Å². The Bertz CT molecular complexity index is 830. The third kappa shape index (κ3) is 3.25. The predicted octanol–water partition coefficient (Wildman–Crippen LogP) is 3.29. The van der Waals surface area contributed by atoms with Crippen molar-refractivity contribution in [3.8, 4) is 0 Å². The highest BCUT2D eigenvalue weighted by Crippen LogP contribution is 2.29. The monoisotopic (exact) mass is 350 g/mol. The van der Waals surface area contributed by atoms with Gasteiger partial charge in [0.25, 0.3) is 5.91 Å². The van der Waals surface area contributed by atoms with Crippen LogP contribution in [0.4, 0.5) is 4.79 Å². The van der Waals surface area contributed by atoms with E-state index in [-0.39, 0.29) is 12.3 Å². The van der Waals surface area contributed by atoms with Crippen molar-refractivity contribution >= 4 is 17.7 Å².